The largest absolute Gasteiger partial charge is 0.468 e. The molecule has 0 N–H and O–H groups in total. The zero-order valence-electron chi connectivity index (χ0n) is 8.32. The summed E-state index contributed by atoms with van der Waals surface area (Å²) in [5.41, 5.74) is 0. The summed E-state index contributed by atoms with van der Waals surface area (Å²) in [6.07, 6.45) is -0.627. The van der Waals surface area contributed by atoms with E-state index in [0.29, 0.717) is 13.2 Å². The molecule has 0 aromatic carbocycles. The van der Waals surface area contributed by atoms with E-state index in [1.807, 2.05) is 0 Å². The topological polar surface area (TPSA) is 61.8 Å². The summed E-state index contributed by atoms with van der Waals surface area (Å²) in [5, 5.41) is 0. The first-order valence-electron chi connectivity index (χ1n) is 4.47. The van der Waals surface area contributed by atoms with Gasteiger partial charge in [0, 0.05) is 0 Å². The molecule has 0 radical (unpaired) electrons. The van der Waals surface area contributed by atoms with Gasteiger partial charge in [-0.1, -0.05) is 0 Å². The quantitative estimate of drug-likeness (QED) is 0.467. The van der Waals surface area contributed by atoms with Gasteiger partial charge in [0.2, 0.25) is 0 Å². The minimum atomic E-state index is -0.785. The average Bonchev–Trinajstić information content (AvgIpc) is 2.27. The van der Waals surface area contributed by atoms with Gasteiger partial charge in [-0.05, 0) is 6.92 Å². The van der Waals surface area contributed by atoms with Crippen LogP contribution in [0.15, 0.2) is 0 Å². The molecule has 0 amide bonds. The van der Waals surface area contributed by atoms with E-state index in [4.69, 9.17) is 9.47 Å². The van der Waals surface area contributed by atoms with Crippen LogP contribution in [0.5, 0.6) is 0 Å². The molecule has 0 aromatic rings. The number of carbonyl (C=O) groups excluding carboxylic acids is 2. The number of Topliss-reactive ketones (excluding diaryl/α,β-unsaturated/α-hetero) is 1. The average molecular weight is 202 g/mol. The molecule has 0 saturated carbocycles. The van der Waals surface area contributed by atoms with Gasteiger partial charge in [-0.3, -0.25) is 9.59 Å². The third-order valence-electron chi connectivity index (χ3n) is 2.11. The lowest BCUT2D eigenvalue weighted by atomic mass is 10.0. The van der Waals surface area contributed by atoms with Crippen molar-refractivity contribution in [3.63, 3.8) is 0 Å². The monoisotopic (exact) mass is 202 g/mol. The fourth-order valence-corrected chi connectivity index (χ4v) is 1.22. The van der Waals surface area contributed by atoms with E-state index in [1.165, 1.54) is 14.0 Å². The molecule has 1 fully saturated rings. The lowest BCUT2D eigenvalue weighted by molar-refractivity contribution is -0.158. The number of carbonyl (C=O) groups is 2. The Kier molecular flexibility index (Phi) is 4.03. The van der Waals surface area contributed by atoms with Crippen LogP contribution in [0.1, 0.15) is 6.92 Å². The van der Waals surface area contributed by atoms with Crippen LogP contribution in [0.4, 0.5) is 0 Å². The molecule has 1 rings (SSSR count). The second-order valence-electron chi connectivity index (χ2n) is 3.08. The fourth-order valence-electron chi connectivity index (χ4n) is 1.22. The summed E-state index contributed by atoms with van der Waals surface area (Å²) in [5.74, 6) is -1.60. The lowest BCUT2D eigenvalue weighted by Gasteiger charge is -2.23. The van der Waals surface area contributed by atoms with Gasteiger partial charge >= 0.3 is 5.97 Å². The first-order valence-corrected chi connectivity index (χ1v) is 4.47. The van der Waals surface area contributed by atoms with Crippen molar-refractivity contribution in [2.75, 3.05) is 26.9 Å². The predicted octanol–water partition coefficient (Wildman–Crippen LogP) is -0.220. The normalized spacial score (nSPS) is 24.0. The summed E-state index contributed by atoms with van der Waals surface area (Å²) in [7, 11) is 1.25. The van der Waals surface area contributed by atoms with E-state index in [1.54, 1.807) is 0 Å². The van der Waals surface area contributed by atoms with Crippen LogP contribution in [0, 0.1) is 5.92 Å². The maximum atomic E-state index is 11.6. The number of hydrogen-bond donors (Lipinski definition) is 0. The van der Waals surface area contributed by atoms with Crippen molar-refractivity contribution in [3.8, 4) is 0 Å². The summed E-state index contributed by atoms with van der Waals surface area (Å²) in [6, 6.07) is 0. The molecule has 2 unspecified atom stereocenters. The highest BCUT2D eigenvalue weighted by molar-refractivity contribution is 6.00. The minimum absolute atomic E-state index is 0.222. The minimum Gasteiger partial charge on any atom is -0.468 e. The van der Waals surface area contributed by atoms with E-state index < -0.39 is 18.0 Å². The number of methoxy groups -OCH3 is 1. The SMILES string of the molecule is COC(=O)C(C)C(=O)C1COCCO1. The number of hydrogen-bond acceptors (Lipinski definition) is 5. The maximum Gasteiger partial charge on any atom is 0.316 e. The summed E-state index contributed by atoms with van der Waals surface area (Å²) >= 11 is 0. The Morgan fingerprint density at radius 1 is 1.43 bits per heavy atom. The summed E-state index contributed by atoms with van der Waals surface area (Å²) in [6.45, 7) is 2.62. The summed E-state index contributed by atoms with van der Waals surface area (Å²) in [4.78, 5) is 22.6. The van der Waals surface area contributed by atoms with Crippen LogP contribution in [0.25, 0.3) is 0 Å². The van der Waals surface area contributed by atoms with Crippen molar-refractivity contribution in [3.05, 3.63) is 0 Å². The Balaban J connectivity index is 2.50. The van der Waals surface area contributed by atoms with Gasteiger partial charge in [-0.15, -0.1) is 0 Å². The van der Waals surface area contributed by atoms with Gasteiger partial charge < -0.3 is 14.2 Å². The van der Waals surface area contributed by atoms with Crippen LogP contribution < -0.4 is 0 Å². The molecule has 1 aliphatic rings. The van der Waals surface area contributed by atoms with Gasteiger partial charge in [-0.25, -0.2) is 0 Å². The van der Waals surface area contributed by atoms with Crippen molar-refractivity contribution in [2.45, 2.75) is 13.0 Å². The number of ether oxygens (including phenoxy) is 3. The molecule has 5 nitrogen and oxygen atoms in total. The van der Waals surface area contributed by atoms with Crippen molar-refractivity contribution in [1.82, 2.24) is 0 Å². The molecule has 2 atom stereocenters. The zero-order valence-corrected chi connectivity index (χ0v) is 8.32. The van der Waals surface area contributed by atoms with Crippen LogP contribution in [0.3, 0.4) is 0 Å². The van der Waals surface area contributed by atoms with E-state index in [2.05, 4.69) is 4.74 Å². The third kappa shape index (κ3) is 2.52. The van der Waals surface area contributed by atoms with Crippen LogP contribution >= 0.6 is 0 Å². The predicted molar refractivity (Wildman–Crippen MR) is 46.7 cm³/mol. The zero-order chi connectivity index (χ0) is 10.6. The Hall–Kier alpha value is -0.940. The van der Waals surface area contributed by atoms with E-state index in [9.17, 15) is 9.59 Å². The molecular formula is C9H14O5. The van der Waals surface area contributed by atoms with Gasteiger partial charge in [-0.2, -0.15) is 0 Å². The van der Waals surface area contributed by atoms with Crippen molar-refractivity contribution in [1.29, 1.82) is 0 Å². The fraction of sp³-hybridized carbons (Fsp3) is 0.778. The van der Waals surface area contributed by atoms with Gasteiger partial charge in [0.05, 0.1) is 26.9 Å². The maximum absolute atomic E-state index is 11.6. The highest BCUT2D eigenvalue weighted by Gasteiger charge is 2.31. The molecule has 0 aromatic heterocycles. The molecule has 1 aliphatic heterocycles. The number of rotatable bonds is 3. The Morgan fingerprint density at radius 3 is 2.64 bits per heavy atom. The van der Waals surface area contributed by atoms with Crippen LogP contribution in [-0.2, 0) is 23.8 Å². The van der Waals surface area contributed by atoms with Crippen LogP contribution in [0.2, 0.25) is 0 Å². The van der Waals surface area contributed by atoms with Crippen molar-refractivity contribution >= 4 is 11.8 Å². The van der Waals surface area contributed by atoms with Crippen molar-refractivity contribution < 1.29 is 23.8 Å². The van der Waals surface area contributed by atoms with E-state index in [0.717, 1.165) is 0 Å². The van der Waals surface area contributed by atoms with Crippen molar-refractivity contribution in [2.24, 2.45) is 5.92 Å². The number of ketones is 1. The Bertz CT molecular complexity index is 219. The second-order valence-corrected chi connectivity index (χ2v) is 3.08. The smallest absolute Gasteiger partial charge is 0.316 e. The Labute approximate surface area is 82.3 Å². The molecule has 0 spiro atoms. The molecule has 0 aliphatic carbocycles. The van der Waals surface area contributed by atoms with Gasteiger partial charge in [0.1, 0.15) is 12.0 Å². The number of esters is 1. The first-order chi connectivity index (χ1) is 6.66. The highest BCUT2D eigenvalue weighted by atomic mass is 16.6. The lowest BCUT2D eigenvalue weighted by Crippen LogP contribution is -2.40. The van der Waals surface area contributed by atoms with E-state index >= 15 is 0 Å². The van der Waals surface area contributed by atoms with E-state index in [-0.39, 0.29) is 12.4 Å². The first kappa shape index (κ1) is 11.1. The standard InChI is InChI=1S/C9H14O5/c1-6(9(11)12-2)8(10)7-5-13-3-4-14-7/h6-7H,3-5H2,1-2H3. The summed E-state index contributed by atoms with van der Waals surface area (Å²) < 4.78 is 14.7. The van der Waals surface area contributed by atoms with Gasteiger partial charge in [0.15, 0.2) is 5.78 Å². The molecule has 5 heteroatoms. The highest BCUT2D eigenvalue weighted by Crippen LogP contribution is 2.09. The van der Waals surface area contributed by atoms with Crippen LogP contribution in [-0.4, -0.2) is 44.8 Å². The molecule has 1 saturated heterocycles. The second kappa shape index (κ2) is 5.07. The molecule has 0 bridgehead atoms. The van der Waals surface area contributed by atoms with Gasteiger partial charge in [0.25, 0.3) is 0 Å². The molecular weight excluding hydrogens is 188 g/mol. The Morgan fingerprint density at radius 2 is 2.14 bits per heavy atom. The third-order valence-corrected chi connectivity index (χ3v) is 2.11. The molecule has 80 valence electrons. The molecule has 14 heavy (non-hydrogen) atoms. The molecule has 1 heterocycles.